The Labute approximate surface area is 280 Å². The highest BCUT2D eigenvalue weighted by atomic mass is 16.6. The highest BCUT2D eigenvalue weighted by molar-refractivity contribution is 5.80. The minimum atomic E-state index is -0.781. The van der Waals surface area contributed by atoms with Crippen LogP contribution >= 0.6 is 0 Å². The van der Waals surface area contributed by atoms with Crippen molar-refractivity contribution in [2.24, 2.45) is 0 Å². The molecule has 49 heavy (non-hydrogen) atoms. The van der Waals surface area contributed by atoms with Crippen molar-refractivity contribution in [2.45, 2.75) is 0 Å². The van der Waals surface area contributed by atoms with Crippen molar-refractivity contribution < 1.29 is 28.6 Å². The van der Waals surface area contributed by atoms with Gasteiger partial charge >= 0.3 is 17.9 Å². The van der Waals surface area contributed by atoms with E-state index in [-0.39, 0.29) is 17.6 Å². The van der Waals surface area contributed by atoms with Gasteiger partial charge in [-0.25, -0.2) is 15.0 Å². The van der Waals surface area contributed by atoms with Gasteiger partial charge in [-0.05, 0) is 54.6 Å². The number of ether oxygens (including phenoxy) is 3. The number of carbonyl (C=O) groups is 3. The van der Waals surface area contributed by atoms with Gasteiger partial charge < -0.3 is 14.2 Å². The fourth-order valence-electron chi connectivity index (χ4n) is 4.55. The molecule has 0 radical (unpaired) electrons. The number of esters is 3. The molecule has 0 aliphatic rings. The van der Waals surface area contributed by atoms with E-state index in [0.29, 0.717) is 34.2 Å². The summed E-state index contributed by atoms with van der Waals surface area (Å²) in [6.07, 6.45) is 4.88. The molecule has 0 spiro atoms. The Morgan fingerprint density at radius 2 is 0.714 bits per heavy atom. The number of hydrogen-bond acceptors (Lipinski definition) is 13. The van der Waals surface area contributed by atoms with Gasteiger partial charge in [0.15, 0.2) is 0 Å². The first-order chi connectivity index (χ1) is 24.0. The highest BCUT2D eigenvalue weighted by Gasteiger charge is 2.23. The lowest BCUT2D eigenvalue weighted by Gasteiger charge is -2.19. The lowest BCUT2D eigenvalue weighted by atomic mass is 10.2. The van der Waals surface area contributed by atoms with Gasteiger partial charge in [0.05, 0.1) is 53.8 Å². The van der Waals surface area contributed by atoms with Gasteiger partial charge in [0.25, 0.3) is 0 Å². The van der Waals surface area contributed by atoms with Crippen LogP contribution in [0.1, 0.15) is 0 Å². The molecule has 6 rings (SSSR count). The fourth-order valence-corrected chi connectivity index (χ4v) is 4.55. The Hall–Kier alpha value is -6.73. The number of pyridine rings is 6. The van der Waals surface area contributed by atoms with Crippen LogP contribution in [0.5, 0.6) is 17.6 Å². The van der Waals surface area contributed by atoms with Crippen molar-refractivity contribution in [3.8, 4) is 51.8 Å². The lowest BCUT2D eigenvalue weighted by Crippen LogP contribution is -2.42. The number of carbonyl (C=O) groups excluding carboxylic acids is 3. The second-order valence-electron chi connectivity index (χ2n) is 10.3. The number of nitrogens with zero attached hydrogens (tertiary/aromatic N) is 7. The zero-order valence-corrected chi connectivity index (χ0v) is 25.8. The lowest BCUT2D eigenvalue weighted by molar-refractivity contribution is -0.142. The average Bonchev–Trinajstić information content (AvgIpc) is 3.13. The van der Waals surface area contributed by atoms with Gasteiger partial charge in [0.2, 0.25) is 17.6 Å². The molecule has 0 unspecified atom stereocenters. The quantitative estimate of drug-likeness (QED) is 0.170. The van der Waals surface area contributed by atoms with Gasteiger partial charge in [-0.15, -0.1) is 0 Å². The van der Waals surface area contributed by atoms with Crippen LogP contribution in [0.3, 0.4) is 0 Å². The van der Waals surface area contributed by atoms with Crippen molar-refractivity contribution in [1.82, 2.24) is 34.8 Å². The van der Waals surface area contributed by atoms with E-state index in [1.165, 1.54) is 23.1 Å². The molecule has 13 heteroatoms. The maximum Gasteiger partial charge on any atom is 0.326 e. The second kappa shape index (κ2) is 15.7. The van der Waals surface area contributed by atoms with Crippen LogP contribution in [0.25, 0.3) is 34.2 Å². The summed E-state index contributed by atoms with van der Waals surface area (Å²) in [6, 6.07) is 30.8. The third kappa shape index (κ3) is 9.18. The molecular weight excluding hydrogens is 626 g/mol. The van der Waals surface area contributed by atoms with E-state index in [2.05, 4.69) is 29.9 Å². The molecular formula is C36H27N7O6. The Morgan fingerprint density at radius 3 is 1.00 bits per heavy atom. The Kier molecular flexibility index (Phi) is 10.3. The van der Waals surface area contributed by atoms with Crippen molar-refractivity contribution in [2.75, 3.05) is 19.6 Å². The van der Waals surface area contributed by atoms with E-state index in [1.54, 1.807) is 91.4 Å². The van der Waals surface area contributed by atoms with Crippen LogP contribution in [0.15, 0.2) is 128 Å². The fraction of sp³-hybridized carbons (Fsp3) is 0.0833. The molecule has 0 aromatic carbocycles. The van der Waals surface area contributed by atoms with Crippen LogP contribution in [0.4, 0.5) is 0 Å². The van der Waals surface area contributed by atoms with Crippen LogP contribution in [0.2, 0.25) is 0 Å². The van der Waals surface area contributed by atoms with E-state index in [4.69, 9.17) is 14.2 Å². The first kappa shape index (κ1) is 32.2. The van der Waals surface area contributed by atoms with Crippen LogP contribution in [-0.2, 0) is 14.4 Å². The molecule has 0 saturated heterocycles. The summed E-state index contributed by atoms with van der Waals surface area (Å²) in [5.41, 5.74) is 3.26. The summed E-state index contributed by atoms with van der Waals surface area (Å²) >= 11 is 0. The minimum Gasteiger partial charge on any atom is -0.406 e. The molecule has 13 nitrogen and oxygen atoms in total. The molecule has 0 atom stereocenters. The van der Waals surface area contributed by atoms with Gasteiger partial charge in [0.1, 0.15) is 0 Å². The van der Waals surface area contributed by atoms with E-state index in [0.717, 1.165) is 0 Å². The van der Waals surface area contributed by atoms with Gasteiger partial charge in [-0.1, -0.05) is 36.4 Å². The van der Waals surface area contributed by atoms with Gasteiger partial charge in [-0.3, -0.25) is 34.2 Å². The van der Waals surface area contributed by atoms with Crippen LogP contribution in [0, 0.1) is 0 Å². The number of rotatable bonds is 12. The van der Waals surface area contributed by atoms with Crippen LogP contribution in [-0.4, -0.2) is 72.3 Å². The highest BCUT2D eigenvalue weighted by Crippen LogP contribution is 2.20. The predicted molar refractivity (Wildman–Crippen MR) is 176 cm³/mol. The monoisotopic (exact) mass is 653 g/mol. The van der Waals surface area contributed by atoms with Crippen molar-refractivity contribution in [1.29, 1.82) is 0 Å². The Balaban J connectivity index is 1.15. The van der Waals surface area contributed by atoms with Crippen LogP contribution < -0.4 is 14.2 Å². The van der Waals surface area contributed by atoms with Crippen molar-refractivity contribution >= 4 is 17.9 Å². The third-order valence-corrected chi connectivity index (χ3v) is 6.67. The SMILES string of the molecule is O=C(CN(CC(=O)Oc1cccc(-c2ccccn2)n1)CC(=O)Oc1cccc(-c2ccccn2)n1)Oc1cccc(-c2ccccn2)n1. The molecule has 6 aromatic heterocycles. The van der Waals surface area contributed by atoms with E-state index in [9.17, 15) is 14.4 Å². The summed E-state index contributed by atoms with van der Waals surface area (Å²) in [6.45, 7) is -1.45. The summed E-state index contributed by atoms with van der Waals surface area (Å²) in [4.78, 5) is 66.4. The smallest absolute Gasteiger partial charge is 0.326 e. The molecule has 0 aliphatic carbocycles. The normalized spacial score (nSPS) is 10.7. The zero-order valence-electron chi connectivity index (χ0n) is 25.8. The van der Waals surface area contributed by atoms with Crippen molar-refractivity contribution in [3.05, 3.63) is 128 Å². The summed E-state index contributed by atoms with van der Waals surface area (Å²) in [5.74, 6) is -2.29. The molecule has 0 bridgehead atoms. The molecule has 242 valence electrons. The summed E-state index contributed by atoms with van der Waals surface area (Å²) in [5, 5.41) is 0. The average molecular weight is 654 g/mol. The number of aromatic nitrogens is 6. The molecule has 0 saturated carbocycles. The minimum absolute atomic E-state index is 0.0179. The van der Waals surface area contributed by atoms with E-state index in [1.807, 2.05) is 18.2 Å². The Morgan fingerprint density at radius 1 is 0.408 bits per heavy atom. The number of hydrogen-bond donors (Lipinski definition) is 0. The molecule has 6 heterocycles. The zero-order chi connectivity index (χ0) is 33.8. The van der Waals surface area contributed by atoms with E-state index < -0.39 is 37.5 Å². The molecule has 0 amide bonds. The first-order valence-corrected chi connectivity index (χ1v) is 15.0. The maximum absolute atomic E-state index is 13.1. The molecule has 0 fully saturated rings. The summed E-state index contributed by atoms with van der Waals surface area (Å²) < 4.78 is 16.4. The van der Waals surface area contributed by atoms with Gasteiger partial charge in [0, 0.05) is 36.8 Å². The molecule has 6 aromatic rings. The largest absolute Gasteiger partial charge is 0.406 e. The second-order valence-corrected chi connectivity index (χ2v) is 10.3. The van der Waals surface area contributed by atoms with Crippen molar-refractivity contribution in [3.63, 3.8) is 0 Å². The molecule has 0 aliphatic heterocycles. The molecule has 0 N–H and O–H groups in total. The predicted octanol–water partition coefficient (Wildman–Crippen LogP) is 4.48. The van der Waals surface area contributed by atoms with Gasteiger partial charge in [-0.2, -0.15) is 0 Å². The first-order valence-electron chi connectivity index (χ1n) is 15.0. The summed E-state index contributed by atoms with van der Waals surface area (Å²) in [7, 11) is 0. The maximum atomic E-state index is 13.1. The topological polar surface area (TPSA) is 159 Å². The standard InChI is InChI=1S/C36H27N7O6/c44-34(47-31-16-7-13-28(40-31)25-10-1-4-19-37-25)22-43(23-35(45)48-32-17-8-14-29(41-32)26-11-2-5-20-38-26)24-36(46)49-33-18-9-15-30(42-33)27-12-3-6-21-39-27/h1-21H,22-24H2. The Bertz CT molecular complexity index is 1810. The third-order valence-electron chi connectivity index (χ3n) is 6.67. The van der Waals surface area contributed by atoms with E-state index >= 15 is 0 Å².